The summed E-state index contributed by atoms with van der Waals surface area (Å²) < 4.78 is 0. The Kier molecular flexibility index (Phi) is 3.34. The average molecular weight is 214 g/mol. The van der Waals surface area contributed by atoms with Crippen molar-refractivity contribution in [2.45, 2.75) is 0 Å². The summed E-state index contributed by atoms with van der Waals surface area (Å²) in [4.78, 5) is 0. The number of rotatable bonds is 1. The molecule has 0 aromatic heterocycles. The van der Waals surface area contributed by atoms with Crippen LogP contribution in [0.3, 0.4) is 0 Å². The first-order valence-corrected chi connectivity index (χ1v) is 5.29. The highest BCUT2D eigenvalue weighted by atomic mass is 16.3. The minimum atomic E-state index is -0.125. The molecule has 0 atom stereocenters. The highest BCUT2D eigenvalue weighted by Crippen LogP contribution is 2.46. The third-order valence-electron chi connectivity index (χ3n) is 2.53. The normalized spacial score (nSPS) is 10.4. The molecular formula is C14H14O2. The lowest BCUT2D eigenvalue weighted by Crippen LogP contribution is -1.96. The van der Waals surface area contributed by atoms with Crippen molar-refractivity contribution < 1.29 is 10.2 Å². The highest BCUT2D eigenvalue weighted by molar-refractivity contribution is 6.01. The molecule has 0 heterocycles. The molecule has 1 aliphatic carbocycles. The van der Waals surface area contributed by atoms with Crippen LogP contribution in [0.1, 0.15) is 0 Å². The first kappa shape index (κ1) is 10.9. The topological polar surface area (TPSA) is 40.5 Å². The highest BCUT2D eigenvalue weighted by Gasteiger charge is 2.19. The van der Waals surface area contributed by atoms with Crippen molar-refractivity contribution in [2.24, 2.45) is 0 Å². The van der Waals surface area contributed by atoms with Gasteiger partial charge in [-0.1, -0.05) is 48.5 Å². The van der Waals surface area contributed by atoms with Crippen molar-refractivity contribution in [3.8, 4) is 22.3 Å². The molecule has 82 valence electrons. The van der Waals surface area contributed by atoms with E-state index < -0.39 is 0 Å². The molecule has 0 saturated carbocycles. The second kappa shape index (κ2) is 4.92. The lowest BCUT2D eigenvalue weighted by atomic mass is 9.81. The van der Waals surface area contributed by atoms with Gasteiger partial charge >= 0.3 is 0 Å². The van der Waals surface area contributed by atoms with E-state index in [-0.39, 0.29) is 13.2 Å². The number of fused-ring (bicyclic) bond motifs is 4. The summed E-state index contributed by atoms with van der Waals surface area (Å²) in [6, 6.07) is 17.1. The van der Waals surface area contributed by atoms with Gasteiger partial charge in [0.25, 0.3) is 0 Å². The van der Waals surface area contributed by atoms with Gasteiger partial charge in [-0.25, -0.2) is 0 Å². The van der Waals surface area contributed by atoms with Gasteiger partial charge in [0.1, 0.15) is 0 Å². The summed E-state index contributed by atoms with van der Waals surface area (Å²) in [6.45, 7) is -0.250. The van der Waals surface area contributed by atoms with E-state index in [1.807, 2.05) is 0 Å². The molecule has 2 heteroatoms. The van der Waals surface area contributed by atoms with Crippen molar-refractivity contribution in [1.82, 2.24) is 0 Å². The minimum Gasteiger partial charge on any atom is -0.394 e. The quantitative estimate of drug-likeness (QED) is 0.652. The molecule has 0 bridgehead atoms. The Morgan fingerprint density at radius 3 is 1.00 bits per heavy atom. The van der Waals surface area contributed by atoms with Crippen LogP contribution >= 0.6 is 0 Å². The summed E-state index contributed by atoms with van der Waals surface area (Å²) in [5, 5.41) is 15.2. The lowest BCUT2D eigenvalue weighted by molar-refractivity contribution is 0.186. The van der Waals surface area contributed by atoms with E-state index in [0.717, 1.165) is 0 Å². The molecule has 0 spiro atoms. The second-order valence-electron chi connectivity index (χ2n) is 3.54. The average Bonchev–Trinajstić information content (AvgIpc) is 2.36. The minimum absolute atomic E-state index is 0.125. The first-order valence-electron chi connectivity index (χ1n) is 5.29. The fourth-order valence-electron chi connectivity index (χ4n) is 1.84. The predicted octanol–water partition coefficient (Wildman–Crippen LogP) is 2.30. The Hall–Kier alpha value is -1.64. The standard InChI is InChI=1S/C12H8.C2H6O2/c1-2-6-10-9(5-1)11-7-3-4-8-12(10)11;3-1-2-4/h1-8H;3-4H,1-2H2. The van der Waals surface area contributed by atoms with Crippen molar-refractivity contribution in [3.63, 3.8) is 0 Å². The predicted molar refractivity (Wildman–Crippen MR) is 65.0 cm³/mol. The van der Waals surface area contributed by atoms with Gasteiger partial charge in [-0.3, -0.25) is 0 Å². The zero-order valence-corrected chi connectivity index (χ0v) is 8.93. The van der Waals surface area contributed by atoms with E-state index in [1.54, 1.807) is 0 Å². The summed E-state index contributed by atoms with van der Waals surface area (Å²) in [5.74, 6) is 0. The van der Waals surface area contributed by atoms with Crippen LogP contribution in [0.25, 0.3) is 22.3 Å². The molecule has 3 rings (SSSR count). The van der Waals surface area contributed by atoms with Crippen molar-refractivity contribution in [1.29, 1.82) is 0 Å². The number of aliphatic hydroxyl groups is 2. The number of aliphatic hydroxyl groups excluding tert-OH is 2. The summed E-state index contributed by atoms with van der Waals surface area (Å²) in [5.41, 5.74) is 5.59. The molecule has 16 heavy (non-hydrogen) atoms. The SMILES string of the molecule is OCCO.c1ccc2c(c1)-c1ccccc1-2. The lowest BCUT2D eigenvalue weighted by Gasteiger charge is -2.22. The van der Waals surface area contributed by atoms with Gasteiger partial charge in [0.2, 0.25) is 0 Å². The van der Waals surface area contributed by atoms with Crippen LogP contribution in [0.5, 0.6) is 0 Å². The van der Waals surface area contributed by atoms with Gasteiger partial charge < -0.3 is 10.2 Å². The molecule has 0 saturated heterocycles. The first-order chi connectivity index (χ1) is 7.88. The van der Waals surface area contributed by atoms with Crippen molar-refractivity contribution >= 4 is 0 Å². The van der Waals surface area contributed by atoms with Gasteiger partial charge in [0, 0.05) is 0 Å². The smallest absolute Gasteiger partial charge is 0.0662 e. The van der Waals surface area contributed by atoms with Crippen LogP contribution < -0.4 is 0 Å². The van der Waals surface area contributed by atoms with Crippen molar-refractivity contribution in [2.75, 3.05) is 13.2 Å². The van der Waals surface area contributed by atoms with Gasteiger partial charge in [0.05, 0.1) is 13.2 Å². The maximum atomic E-state index is 7.62. The number of hydrogen-bond acceptors (Lipinski definition) is 2. The maximum Gasteiger partial charge on any atom is 0.0662 e. The third kappa shape index (κ3) is 1.85. The molecule has 0 unspecified atom stereocenters. The van der Waals surface area contributed by atoms with Crippen LogP contribution in [0.15, 0.2) is 48.5 Å². The zero-order valence-electron chi connectivity index (χ0n) is 8.93. The van der Waals surface area contributed by atoms with E-state index >= 15 is 0 Å². The van der Waals surface area contributed by atoms with Crippen LogP contribution in [0.2, 0.25) is 0 Å². The molecule has 2 nitrogen and oxygen atoms in total. The molecule has 2 aromatic carbocycles. The maximum absolute atomic E-state index is 7.62. The van der Waals surface area contributed by atoms with Gasteiger partial charge in [0.15, 0.2) is 0 Å². The van der Waals surface area contributed by atoms with Crippen LogP contribution in [0, 0.1) is 0 Å². The Morgan fingerprint density at radius 2 is 0.812 bits per heavy atom. The van der Waals surface area contributed by atoms with E-state index in [4.69, 9.17) is 10.2 Å². The fraction of sp³-hybridized carbons (Fsp3) is 0.143. The summed E-state index contributed by atoms with van der Waals surface area (Å²) in [7, 11) is 0. The Bertz CT molecular complexity index is 376. The Balaban J connectivity index is 0.000000212. The molecule has 0 amide bonds. The molecule has 1 aliphatic rings. The second-order valence-corrected chi connectivity index (χ2v) is 3.54. The van der Waals surface area contributed by atoms with E-state index in [0.29, 0.717) is 0 Å². The third-order valence-corrected chi connectivity index (χ3v) is 2.53. The zero-order chi connectivity index (χ0) is 11.4. The van der Waals surface area contributed by atoms with Gasteiger partial charge in [-0.15, -0.1) is 0 Å². The summed E-state index contributed by atoms with van der Waals surface area (Å²) in [6.07, 6.45) is 0. The monoisotopic (exact) mass is 214 g/mol. The van der Waals surface area contributed by atoms with Crippen molar-refractivity contribution in [3.05, 3.63) is 48.5 Å². The fourth-order valence-corrected chi connectivity index (χ4v) is 1.84. The van der Waals surface area contributed by atoms with Crippen LogP contribution in [-0.2, 0) is 0 Å². The number of benzene rings is 2. The molecule has 2 aromatic rings. The molecular weight excluding hydrogens is 200 g/mol. The summed E-state index contributed by atoms with van der Waals surface area (Å²) >= 11 is 0. The molecule has 2 N–H and O–H groups in total. The van der Waals surface area contributed by atoms with Gasteiger partial charge in [-0.2, -0.15) is 0 Å². The molecule has 0 aliphatic heterocycles. The Labute approximate surface area is 94.8 Å². The van der Waals surface area contributed by atoms with E-state index in [1.165, 1.54) is 22.3 Å². The number of hydrogen-bond donors (Lipinski definition) is 2. The molecule has 0 fully saturated rings. The van der Waals surface area contributed by atoms with Gasteiger partial charge in [-0.05, 0) is 22.3 Å². The molecule has 0 radical (unpaired) electrons. The van der Waals surface area contributed by atoms with Crippen LogP contribution in [0.4, 0.5) is 0 Å². The van der Waals surface area contributed by atoms with E-state index in [2.05, 4.69) is 48.5 Å². The Morgan fingerprint density at radius 1 is 0.562 bits per heavy atom. The largest absolute Gasteiger partial charge is 0.394 e. The van der Waals surface area contributed by atoms with E-state index in [9.17, 15) is 0 Å². The van der Waals surface area contributed by atoms with Crippen LogP contribution in [-0.4, -0.2) is 23.4 Å².